The van der Waals surface area contributed by atoms with Crippen molar-refractivity contribution in [1.82, 2.24) is 15.2 Å². The zero-order chi connectivity index (χ0) is 13.7. The molecule has 1 aromatic carbocycles. The number of benzene rings is 1. The highest BCUT2D eigenvalue weighted by atomic mass is 15.3. The Morgan fingerprint density at radius 3 is 2.58 bits per heavy atom. The highest BCUT2D eigenvalue weighted by molar-refractivity contribution is 5.64. The van der Waals surface area contributed by atoms with Crippen LogP contribution < -0.4 is 10.6 Å². The van der Waals surface area contributed by atoms with Crippen LogP contribution in [0.3, 0.4) is 0 Å². The third kappa shape index (κ3) is 3.40. The average Bonchev–Trinajstić information content (AvgIpc) is 2.41. The summed E-state index contributed by atoms with van der Waals surface area (Å²) in [6.07, 6.45) is 2.65. The molecule has 0 amide bonds. The summed E-state index contributed by atoms with van der Waals surface area (Å²) in [5, 5.41) is 14.3. The Hall–Kier alpha value is -2.17. The molecule has 0 aliphatic rings. The minimum Gasteiger partial charge on any atom is -0.353 e. The Bertz CT molecular complexity index is 533. The topological polar surface area (TPSA) is 62.7 Å². The molecule has 0 radical (unpaired) electrons. The smallest absolute Gasteiger partial charge is 0.244 e. The minimum absolute atomic E-state index is 0.554. The second-order valence-electron chi connectivity index (χ2n) is 4.48. The number of nitrogens with zero attached hydrogens (tertiary/aromatic N) is 3. The van der Waals surface area contributed by atoms with Crippen molar-refractivity contribution in [2.75, 3.05) is 17.2 Å². The zero-order valence-corrected chi connectivity index (χ0v) is 11.6. The molecule has 0 unspecified atom stereocenters. The van der Waals surface area contributed by atoms with Gasteiger partial charge in [-0.1, -0.05) is 25.1 Å². The summed E-state index contributed by atoms with van der Waals surface area (Å²) in [7, 11) is 0. The summed E-state index contributed by atoms with van der Waals surface area (Å²) in [4.78, 5) is 4.39. The van der Waals surface area contributed by atoms with E-state index in [-0.39, 0.29) is 0 Å². The van der Waals surface area contributed by atoms with Crippen LogP contribution in [0.5, 0.6) is 0 Å². The van der Waals surface area contributed by atoms with Crippen molar-refractivity contribution in [2.45, 2.75) is 27.2 Å². The lowest BCUT2D eigenvalue weighted by Gasteiger charge is -2.12. The van der Waals surface area contributed by atoms with Crippen LogP contribution in [-0.4, -0.2) is 21.7 Å². The van der Waals surface area contributed by atoms with Crippen LogP contribution in [0.2, 0.25) is 0 Å². The van der Waals surface area contributed by atoms with Crippen LogP contribution in [0.4, 0.5) is 17.5 Å². The molecule has 0 aliphatic heterocycles. The molecule has 5 nitrogen and oxygen atoms in total. The maximum Gasteiger partial charge on any atom is 0.244 e. The fourth-order valence-electron chi connectivity index (χ4n) is 1.82. The SMILES string of the molecule is CCCNc1nncc(Nc2c(C)cccc2C)n1. The number of aromatic nitrogens is 3. The summed E-state index contributed by atoms with van der Waals surface area (Å²) in [5.41, 5.74) is 3.44. The third-order valence-corrected chi connectivity index (χ3v) is 2.83. The molecule has 0 fully saturated rings. The van der Waals surface area contributed by atoms with Crippen LogP contribution in [-0.2, 0) is 0 Å². The van der Waals surface area contributed by atoms with Crippen molar-refractivity contribution in [2.24, 2.45) is 0 Å². The van der Waals surface area contributed by atoms with Gasteiger partial charge in [0.05, 0.1) is 6.20 Å². The number of rotatable bonds is 5. The van der Waals surface area contributed by atoms with Gasteiger partial charge in [0.25, 0.3) is 0 Å². The molecule has 1 heterocycles. The van der Waals surface area contributed by atoms with Gasteiger partial charge < -0.3 is 10.6 Å². The van der Waals surface area contributed by atoms with Crippen molar-refractivity contribution in [3.05, 3.63) is 35.5 Å². The minimum atomic E-state index is 0.554. The molecule has 2 aromatic rings. The lowest BCUT2D eigenvalue weighted by atomic mass is 10.1. The van der Waals surface area contributed by atoms with Gasteiger partial charge in [0.15, 0.2) is 5.82 Å². The Balaban J connectivity index is 2.19. The van der Waals surface area contributed by atoms with Crippen molar-refractivity contribution < 1.29 is 0 Å². The summed E-state index contributed by atoms with van der Waals surface area (Å²) < 4.78 is 0. The van der Waals surface area contributed by atoms with Gasteiger partial charge in [0.1, 0.15) is 0 Å². The Morgan fingerprint density at radius 1 is 1.16 bits per heavy atom. The van der Waals surface area contributed by atoms with Crippen molar-refractivity contribution in [3.63, 3.8) is 0 Å². The molecular weight excluding hydrogens is 238 g/mol. The molecule has 0 atom stereocenters. The van der Waals surface area contributed by atoms with Gasteiger partial charge >= 0.3 is 0 Å². The van der Waals surface area contributed by atoms with E-state index in [9.17, 15) is 0 Å². The van der Waals surface area contributed by atoms with Gasteiger partial charge in [0.2, 0.25) is 5.95 Å². The lowest BCUT2D eigenvalue weighted by Crippen LogP contribution is -2.07. The van der Waals surface area contributed by atoms with Crippen molar-refractivity contribution >= 4 is 17.5 Å². The van der Waals surface area contributed by atoms with E-state index in [0.29, 0.717) is 11.8 Å². The zero-order valence-electron chi connectivity index (χ0n) is 11.6. The summed E-state index contributed by atoms with van der Waals surface area (Å²) in [6, 6.07) is 6.18. The lowest BCUT2D eigenvalue weighted by molar-refractivity contribution is 0.913. The molecule has 0 bridgehead atoms. The second kappa shape index (κ2) is 6.13. The fourth-order valence-corrected chi connectivity index (χ4v) is 1.82. The van der Waals surface area contributed by atoms with E-state index < -0.39 is 0 Å². The van der Waals surface area contributed by atoms with Crippen LogP contribution in [0.15, 0.2) is 24.4 Å². The van der Waals surface area contributed by atoms with E-state index >= 15 is 0 Å². The van der Waals surface area contributed by atoms with Gasteiger partial charge in [-0.15, -0.1) is 5.10 Å². The Morgan fingerprint density at radius 2 is 1.89 bits per heavy atom. The maximum absolute atomic E-state index is 4.39. The van der Waals surface area contributed by atoms with Crippen LogP contribution >= 0.6 is 0 Å². The summed E-state index contributed by atoms with van der Waals surface area (Å²) >= 11 is 0. The van der Waals surface area contributed by atoms with Gasteiger partial charge in [-0.05, 0) is 31.4 Å². The van der Waals surface area contributed by atoms with Gasteiger partial charge in [-0.3, -0.25) is 0 Å². The Kier molecular flexibility index (Phi) is 4.28. The largest absolute Gasteiger partial charge is 0.353 e. The molecule has 0 aliphatic carbocycles. The first-order valence-corrected chi connectivity index (χ1v) is 6.47. The predicted octanol–water partition coefficient (Wildman–Crippen LogP) is 3.05. The molecule has 19 heavy (non-hydrogen) atoms. The van der Waals surface area contributed by atoms with E-state index in [1.165, 1.54) is 11.1 Å². The number of para-hydroxylation sites is 1. The monoisotopic (exact) mass is 257 g/mol. The molecule has 0 saturated carbocycles. The number of anilines is 3. The molecular formula is C14H19N5. The molecule has 2 N–H and O–H groups in total. The molecule has 2 rings (SSSR count). The van der Waals surface area contributed by atoms with E-state index in [1.54, 1.807) is 6.20 Å². The number of nitrogens with one attached hydrogen (secondary N) is 2. The molecule has 100 valence electrons. The van der Waals surface area contributed by atoms with E-state index in [1.807, 2.05) is 6.07 Å². The van der Waals surface area contributed by atoms with Crippen LogP contribution in [0, 0.1) is 13.8 Å². The Labute approximate surface area is 113 Å². The van der Waals surface area contributed by atoms with E-state index in [4.69, 9.17) is 0 Å². The average molecular weight is 257 g/mol. The fraction of sp³-hybridized carbons (Fsp3) is 0.357. The van der Waals surface area contributed by atoms with Crippen LogP contribution in [0.1, 0.15) is 24.5 Å². The first kappa shape index (κ1) is 13.3. The number of aryl methyl sites for hydroxylation is 2. The highest BCUT2D eigenvalue weighted by Crippen LogP contribution is 2.22. The second-order valence-corrected chi connectivity index (χ2v) is 4.48. The van der Waals surface area contributed by atoms with Crippen LogP contribution in [0.25, 0.3) is 0 Å². The molecule has 5 heteroatoms. The van der Waals surface area contributed by atoms with Gasteiger partial charge in [-0.25, -0.2) is 0 Å². The number of hydrogen-bond donors (Lipinski definition) is 2. The van der Waals surface area contributed by atoms with Gasteiger partial charge in [-0.2, -0.15) is 10.1 Å². The standard InChI is InChI=1S/C14H19N5/c1-4-8-15-14-18-12(9-16-19-14)17-13-10(2)6-5-7-11(13)3/h5-7,9H,4,8H2,1-3H3,(H2,15,17,18,19). The predicted molar refractivity (Wildman–Crippen MR) is 77.8 cm³/mol. The maximum atomic E-state index is 4.39. The normalized spacial score (nSPS) is 10.3. The first-order valence-electron chi connectivity index (χ1n) is 6.47. The summed E-state index contributed by atoms with van der Waals surface area (Å²) in [5.74, 6) is 1.25. The summed E-state index contributed by atoms with van der Waals surface area (Å²) in [6.45, 7) is 7.08. The highest BCUT2D eigenvalue weighted by Gasteiger charge is 2.05. The molecule has 0 saturated heterocycles. The third-order valence-electron chi connectivity index (χ3n) is 2.83. The number of hydrogen-bond acceptors (Lipinski definition) is 5. The first-order chi connectivity index (χ1) is 9.20. The molecule has 0 spiro atoms. The molecule has 1 aromatic heterocycles. The van der Waals surface area contributed by atoms with E-state index in [2.05, 4.69) is 58.7 Å². The van der Waals surface area contributed by atoms with Gasteiger partial charge in [0, 0.05) is 12.2 Å². The van der Waals surface area contributed by atoms with Crippen molar-refractivity contribution in [3.8, 4) is 0 Å². The quantitative estimate of drug-likeness (QED) is 0.862. The van der Waals surface area contributed by atoms with E-state index in [0.717, 1.165) is 18.7 Å². The van der Waals surface area contributed by atoms with Crippen molar-refractivity contribution in [1.29, 1.82) is 0 Å².